The average Bonchev–Trinajstić information content (AvgIpc) is 3.42. The van der Waals surface area contributed by atoms with Crippen molar-refractivity contribution in [1.29, 1.82) is 0 Å². The molecule has 4 heteroatoms. The predicted molar refractivity (Wildman–Crippen MR) is 138 cm³/mol. The molecule has 0 amide bonds. The maximum atomic E-state index is 4.85. The number of hydrogen-bond acceptors (Lipinski definition) is 2. The minimum absolute atomic E-state index is 0.889. The molecule has 0 atom stereocenters. The molecule has 0 spiro atoms. The summed E-state index contributed by atoms with van der Waals surface area (Å²) in [5.41, 5.74) is 9.24. The molecular weight excluding hydrogens is 416 g/mol. The molecule has 0 radical (unpaired) electrons. The molecule has 0 aliphatic heterocycles. The maximum Gasteiger partial charge on any atom is 0.138 e. The van der Waals surface area contributed by atoms with Crippen LogP contribution in [0.15, 0.2) is 122 Å². The first-order valence-corrected chi connectivity index (χ1v) is 11.3. The summed E-state index contributed by atoms with van der Waals surface area (Å²) in [5.74, 6) is 0.889. The highest BCUT2D eigenvalue weighted by Gasteiger charge is 2.23. The van der Waals surface area contributed by atoms with E-state index in [1.54, 1.807) is 6.20 Å². The number of fused-ring (bicyclic) bond motifs is 5. The van der Waals surface area contributed by atoms with E-state index in [-0.39, 0.29) is 0 Å². The molecule has 0 fully saturated rings. The van der Waals surface area contributed by atoms with E-state index in [9.17, 15) is 0 Å². The highest BCUT2D eigenvalue weighted by atomic mass is 15.1. The number of rotatable bonds is 3. The SMILES string of the molecule is c1ccc(-c2c3c(c4ccccc4n3-c3cc(-c4cccnc4)ccn3)n3ccccc23)cc1. The van der Waals surface area contributed by atoms with E-state index < -0.39 is 0 Å². The summed E-state index contributed by atoms with van der Waals surface area (Å²) in [6, 6.07) is 33.8. The second-order valence-electron chi connectivity index (χ2n) is 8.39. The molecule has 7 aromatic rings. The number of pyridine rings is 3. The molecule has 5 heterocycles. The number of nitrogens with zero attached hydrogens (tertiary/aromatic N) is 4. The minimum atomic E-state index is 0.889. The molecule has 0 aliphatic rings. The van der Waals surface area contributed by atoms with E-state index in [0.29, 0.717) is 0 Å². The van der Waals surface area contributed by atoms with Crippen LogP contribution in [-0.2, 0) is 0 Å². The van der Waals surface area contributed by atoms with E-state index in [1.807, 2.05) is 24.5 Å². The Morgan fingerprint density at radius 3 is 2.26 bits per heavy atom. The zero-order valence-corrected chi connectivity index (χ0v) is 18.3. The van der Waals surface area contributed by atoms with Crippen LogP contribution in [0.5, 0.6) is 0 Å². The summed E-state index contributed by atoms with van der Waals surface area (Å²) in [4.78, 5) is 9.15. The monoisotopic (exact) mass is 436 g/mol. The smallest absolute Gasteiger partial charge is 0.138 e. The standard InChI is InChI=1S/C30H20N4/c1-2-9-21(10-3-1)28-26-14-6-7-18-33(26)29-24-12-4-5-13-25(24)34(30(28)29)27-19-22(15-17-32-27)23-11-8-16-31-20-23/h1-20H. The van der Waals surface area contributed by atoms with Gasteiger partial charge in [0.2, 0.25) is 0 Å². The molecule has 34 heavy (non-hydrogen) atoms. The van der Waals surface area contributed by atoms with Crippen LogP contribution in [0.25, 0.3) is 55.5 Å². The molecule has 0 N–H and O–H groups in total. The van der Waals surface area contributed by atoms with Crippen LogP contribution in [0.1, 0.15) is 0 Å². The lowest BCUT2D eigenvalue weighted by Gasteiger charge is -2.10. The lowest BCUT2D eigenvalue weighted by molar-refractivity contribution is 1.08. The van der Waals surface area contributed by atoms with Gasteiger partial charge in [-0.05, 0) is 47.5 Å². The van der Waals surface area contributed by atoms with Crippen molar-refractivity contribution in [3.05, 3.63) is 122 Å². The molecule has 2 aromatic carbocycles. The van der Waals surface area contributed by atoms with Gasteiger partial charge in [0.1, 0.15) is 5.82 Å². The van der Waals surface area contributed by atoms with Crippen LogP contribution < -0.4 is 0 Å². The van der Waals surface area contributed by atoms with Gasteiger partial charge in [-0.25, -0.2) is 4.98 Å². The number of hydrogen-bond donors (Lipinski definition) is 0. The lowest BCUT2D eigenvalue weighted by Crippen LogP contribution is -1.98. The fourth-order valence-electron chi connectivity index (χ4n) is 5.04. The molecule has 0 aliphatic carbocycles. The van der Waals surface area contributed by atoms with E-state index in [0.717, 1.165) is 28.0 Å². The van der Waals surface area contributed by atoms with E-state index >= 15 is 0 Å². The third kappa shape index (κ3) is 2.72. The highest BCUT2D eigenvalue weighted by Crippen LogP contribution is 2.42. The second-order valence-corrected chi connectivity index (χ2v) is 8.39. The quantitative estimate of drug-likeness (QED) is 0.295. The Morgan fingerprint density at radius 2 is 1.38 bits per heavy atom. The molecule has 7 rings (SSSR count). The summed E-state index contributed by atoms with van der Waals surface area (Å²) in [6.07, 6.45) is 7.73. The van der Waals surface area contributed by atoms with Crippen molar-refractivity contribution in [3.8, 4) is 28.1 Å². The fraction of sp³-hybridized carbons (Fsp3) is 0. The normalized spacial score (nSPS) is 11.5. The van der Waals surface area contributed by atoms with Gasteiger partial charge in [0.05, 0.1) is 22.1 Å². The lowest BCUT2D eigenvalue weighted by atomic mass is 10.1. The van der Waals surface area contributed by atoms with Crippen molar-refractivity contribution in [2.45, 2.75) is 0 Å². The van der Waals surface area contributed by atoms with Gasteiger partial charge in [-0.3, -0.25) is 9.55 Å². The summed E-state index contributed by atoms with van der Waals surface area (Å²) >= 11 is 0. The largest absolute Gasteiger partial charge is 0.314 e. The Bertz CT molecular complexity index is 1790. The van der Waals surface area contributed by atoms with Gasteiger partial charge >= 0.3 is 0 Å². The molecule has 160 valence electrons. The summed E-state index contributed by atoms with van der Waals surface area (Å²) < 4.78 is 4.61. The van der Waals surface area contributed by atoms with Crippen LogP contribution in [0.4, 0.5) is 0 Å². The van der Waals surface area contributed by atoms with Crippen molar-refractivity contribution in [3.63, 3.8) is 0 Å². The van der Waals surface area contributed by atoms with Crippen LogP contribution in [0.2, 0.25) is 0 Å². The van der Waals surface area contributed by atoms with Crippen molar-refractivity contribution < 1.29 is 0 Å². The van der Waals surface area contributed by atoms with Crippen molar-refractivity contribution >= 4 is 27.5 Å². The zero-order chi connectivity index (χ0) is 22.5. The first kappa shape index (κ1) is 18.8. The molecule has 0 saturated carbocycles. The number of aromatic nitrogens is 4. The fourth-order valence-corrected chi connectivity index (χ4v) is 5.04. The van der Waals surface area contributed by atoms with Crippen LogP contribution in [0, 0.1) is 0 Å². The van der Waals surface area contributed by atoms with Crippen LogP contribution in [0.3, 0.4) is 0 Å². The third-order valence-electron chi connectivity index (χ3n) is 6.47. The molecule has 0 bridgehead atoms. The van der Waals surface area contributed by atoms with Gasteiger partial charge < -0.3 is 4.40 Å². The first-order valence-electron chi connectivity index (χ1n) is 11.3. The molecule has 0 unspecified atom stereocenters. The molecule has 5 aromatic heterocycles. The third-order valence-corrected chi connectivity index (χ3v) is 6.47. The Morgan fingerprint density at radius 1 is 0.588 bits per heavy atom. The van der Waals surface area contributed by atoms with Crippen LogP contribution in [-0.4, -0.2) is 18.9 Å². The average molecular weight is 437 g/mol. The predicted octanol–water partition coefficient (Wildman–Crippen LogP) is 7.16. The number of para-hydroxylation sites is 1. The summed E-state index contributed by atoms with van der Waals surface area (Å²) in [6.45, 7) is 0. The van der Waals surface area contributed by atoms with E-state index in [4.69, 9.17) is 4.98 Å². The zero-order valence-electron chi connectivity index (χ0n) is 18.3. The maximum absolute atomic E-state index is 4.85. The first-order chi connectivity index (χ1) is 16.9. The van der Waals surface area contributed by atoms with E-state index in [1.165, 1.54) is 27.5 Å². The van der Waals surface area contributed by atoms with Gasteiger partial charge in [-0.1, -0.05) is 60.7 Å². The van der Waals surface area contributed by atoms with Gasteiger partial charge in [-0.2, -0.15) is 0 Å². The van der Waals surface area contributed by atoms with Gasteiger partial charge in [0, 0.05) is 41.3 Å². The van der Waals surface area contributed by atoms with Crippen molar-refractivity contribution in [2.24, 2.45) is 0 Å². The van der Waals surface area contributed by atoms with E-state index in [2.05, 4.69) is 105 Å². The summed E-state index contributed by atoms with van der Waals surface area (Å²) in [5, 5.41) is 1.20. The van der Waals surface area contributed by atoms with Gasteiger partial charge in [-0.15, -0.1) is 0 Å². The molecule has 0 saturated heterocycles. The second kappa shape index (κ2) is 7.42. The molecule has 4 nitrogen and oxygen atoms in total. The van der Waals surface area contributed by atoms with Crippen molar-refractivity contribution in [2.75, 3.05) is 0 Å². The highest BCUT2D eigenvalue weighted by molar-refractivity contribution is 6.17. The Kier molecular flexibility index (Phi) is 4.11. The topological polar surface area (TPSA) is 35.1 Å². The van der Waals surface area contributed by atoms with Crippen molar-refractivity contribution in [1.82, 2.24) is 18.9 Å². The minimum Gasteiger partial charge on any atom is -0.314 e. The van der Waals surface area contributed by atoms with Gasteiger partial charge in [0.15, 0.2) is 0 Å². The van der Waals surface area contributed by atoms with Gasteiger partial charge in [0.25, 0.3) is 0 Å². The Hall–Kier alpha value is -4.70. The Labute approximate surface area is 196 Å². The summed E-state index contributed by atoms with van der Waals surface area (Å²) in [7, 11) is 0. The van der Waals surface area contributed by atoms with Crippen LogP contribution >= 0.6 is 0 Å². The molecular formula is C30H20N4. The Balaban J connectivity index is 1.65. The number of benzene rings is 2.